The number of aryl methyl sites for hydroxylation is 1. The molecule has 0 fully saturated rings. The van der Waals surface area contributed by atoms with E-state index >= 15 is 0 Å². The van der Waals surface area contributed by atoms with E-state index in [0.29, 0.717) is 12.8 Å². The van der Waals surface area contributed by atoms with Crippen molar-refractivity contribution in [3.05, 3.63) is 29.8 Å². The number of hydrogen-bond acceptors (Lipinski definition) is 3. The predicted octanol–water partition coefficient (Wildman–Crippen LogP) is 3.67. The number of amides is 1. The molecule has 0 heterocycles. The van der Waals surface area contributed by atoms with Gasteiger partial charge in [0.15, 0.2) is 0 Å². The third kappa shape index (κ3) is 10.0. The van der Waals surface area contributed by atoms with Crippen LogP contribution in [0.15, 0.2) is 24.3 Å². The van der Waals surface area contributed by atoms with Crippen LogP contribution in [0.5, 0.6) is 0 Å². The van der Waals surface area contributed by atoms with Crippen LogP contribution in [0.1, 0.15) is 45.6 Å². The van der Waals surface area contributed by atoms with E-state index in [9.17, 15) is 4.79 Å². The van der Waals surface area contributed by atoms with Crippen LogP contribution in [-0.2, 0) is 11.2 Å². The Morgan fingerprint density at radius 1 is 1.21 bits per heavy atom. The van der Waals surface area contributed by atoms with Crippen molar-refractivity contribution in [1.29, 1.82) is 0 Å². The number of nitrogens with two attached hydrogens (primary N) is 1. The van der Waals surface area contributed by atoms with Crippen molar-refractivity contribution >= 4 is 36.4 Å². The average Bonchev–Trinajstić information content (AvgIpc) is 2.51. The molecule has 1 aromatic rings. The van der Waals surface area contributed by atoms with Gasteiger partial charge in [0, 0.05) is 18.2 Å². The Hall–Kier alpha value is -0.970. The maximum Gasteiger partial charge on any atom is 0.220 e. The van der Waals surface area contributed by atoms with E-state index in [1.807, 2.05) is 24.3 Å². The highest BCUT2D eigenvalue weighted by atomic mass is 35.5. The lowest BCUT2D eigenvalue weighted by molar-refractivity contribution is -0.121. The van der Waals surface area contributed by atoms with Crippen molar-refractivity contribution in [1.82, 2.24) is 10.2 Å². The number of carbonyl (C=O) groups excluding carboxylic acids is 1. The summed E-state index contributed by atoms with van der Waals surface area (Å²) in [5.74, 6) is 0.110. The maximum absolute atomic E-state index is 12.0. The zero-order valence-electron chi connectivity index (χ0n) is 15.1. The first-order chi connectivity index (χ1) is 10.6. The number of nitrogen functional groups attached to an aromatic ring is 1. The Kier molecular flexibility index (Phi) is 15.1. The number of benzene rings is 1. The zero-order chi connectivity index (χ0) is 16.4. The Morgan fingerprint density at radius 2 is 1.83 bits per heavy atom. The lowest BCUT2D eigenvalue weighted by atomic mass is 10.1. The summed E-state index contributed by atoms with van der Waals surface area (Å²) < 4.78 is 0. The molecule has 4 nitrogen and oxygen atoms in total. The lowest BCUT2D eigenvalue weighted by Crippen LogP contribution is -2.33. The second-order valence-corrected chi connectivity index (χ2v) is 5.84. The molecular weight excluding hydrogens is 345 g/mol. The van der Waals surface area contributed by atoms with Crippen molar-refractivity contribution in [3.63, 3.8) is 0 Å². The van der Waals surface area contributed by atoms with E-state index in [4.69, 9.17) is 5.73 Å². The number of para-hydroxylation sites is 1. The Balaban J connectivity index is 0. The first-order valence-electron chi connectivity index (χ1n) is 8.41. The smallest absolute Gasteiger partial charge is 0.220 e. The summed E-state index contributed by atoms with van der Waals surface area (Å²) in [5.41, 5.74) is 7.71. The molecule has 0 aromatic heterocycles. The molecule has 0 radical (unpaired) electrons. The van der Waals surface area contributed by atoms with Crippen molar-refractivity contribution in [2.45, 2.75) is 52.5 Å². The molecule has 1 rings (SSSR count). The van der Waals surface area contributed by atoms with Gasteiger partial charge in [-0.3, -0.25) is 4.79 Å². The molecule has 0 saturated carbocycles. The van der Waals surface area contributed by atoms with Crippen LogP contribution in [0, 0.1) is 0 Å². The van der Waals surface area contributed by atoms with Crippen LogP contribution in [0.4, 0.5) is 5.69 Å². The Labute approximate surface area is 159 Å². The molecule has 6 heteroatoms. The molecule has 1 aromatic carbocycles. The molecule has 0 bridgehead atoms. The van der Waals surface area contributed by atoms with E-state index in [1.165, 1.54) is 0 Å². The van der Waals surface area contributed by atoms with Gasteiger partial charge >= 0.3 is 0 Å². The summed E-state index contributed by atoms with van der Waals surface area (Å²) in [6.07, 6.45) is 3.34. The van der Waals surface area contributed by atoms with Crippen molar-refractivity contribution in [2.24, 2.45) is 0 Å². The fourth-order valence-corrected chi connectivity index (χ4v) is 2.59. The molecule has 1 atom stereocenters. The molecule has 0 saturated heterocycles. The van der Waals surface area contributed by atoms with Gasteiger partial charge in [-0.05, 0) is 57.5 Å². The van der Waals surface area contributed by atoms with Gasteiger partial charge < -0.3 is 16.0 Å². The van der Waals surface area contributed by atoms with E-state index in [-0.39, 0.29) is 36.8 Å². The minimum Gasteiger partial charge on any atom is -0.399 e. The number of nitrogens with one attached hydrogen (secondary N) is 1. The highest BCUT2D eigenvalue weighted by molar-refractivity contribution is 5.85. The van der Waals surface area contributed by atoms with E-state index in [1.54, 1.807) is 0 Å². The predicted molar refractivity (Wildman–Crippen MR) is 108 cm³/mol. The van der Waals surface area contributed by atoms with Gasteiger partial charge in [-0.2, -0.15) is 0 Å². The second kappa shape index (κ2) is 14.4. The minimum absolute atomic E-state index is 0. The van der Waals surface area contributed by atoms with E-state index in [0.717, 1.165) is 43.7 Å². The van der Waals surface area contributed by atoms with Crippen LogP contribution in [0.25, 0.3) is 0 Å². The number of anilines is 1. The van der Waals surface area contributed by atoms with Gasteiger partial charge in [0.05, 0.1) is 0 Å². The van der Waals surface area contributed by atoms with Crippen molar-refractivity contribution in [3.8, 4) is 0 Å². The number of rotatable bonds is 10. The molecule has 0 spiro atoms. The van der Waals surface area contributed by atoms with Crippen molar-refractivity contribution < 1.29 is 4.79 Å². The van der Waals surface area contributed by atoms with Crippen LogP contribution in [0.2, 0.25) is 0 Å². The molecule has 0 aliphatic rings. The van der Waals surface area contributed by atoms with E-state index in [2.05, 4.69) is 31.0 Å². The van der Waals surface area contributed by atoms with Gasteiger partial charge in [0.25, 0.3) is 0 Å². The second-order valence-electron chi connectivity index (χ2n) is 5.84. The number of carbonyl (C=O) groups is 1. The third-order valence-corrected chi connectivity index (χ3v) is 4.09. The number of nitrogens with zero attached hydrogens (tertiary/aromatic N) is 1. The van der Waals surface area contributed by atoms with Crippen LogP contribution < -0.4 is 11.1 Å². The number of hydrogen-bond donors (Lipinski definition) is 2. The van der Waals surface area contributed by atoms with Crippen LogP contribution >= 0.6 is 24.8 Å². The maximum atomic E-state index is 12.0. The van der Waals surface area contributed by atoms with Crippen LogP contribution in [0.3, 0.4) is 0 Å². The Bertz CT molecular complexity index is 454. The Morgan fingerprint density at radius 3 is 2.42 bits per heavy atom. The first-order valence-corrected chi connectivity index (χ1v) is 8.41. The van der Waals surface area contributed by atoms with Gasteiger partial charge in [-0.25, -0.2) is 0 Å². The lowest BCUT2D eigenvalue weighted by Gasteiger charge is -2.19. The molecule has 24 heavy (non-hydrogen) atoms. The third-order valence-electron chi connectivity index (χ3n) is 4.09. The van der Waals surface area contributed by atoms with Crippen molar-refractivity contribution in [2.75, 3.05) is 25.4 Å². The SMILES string of the molecule is CCN(CC)CCCC(C)NC(=O)CCc1ccccc1N.Cl.Cl. The average molecular weight is 378 g/mol. The molecule has 0 aliphatic carbocycles. The summed E-state index contributed by atoms with van der Waals surface area (Å²) in [6.45, 7) is 9.74. The molecule has 3 N–H and O–H groups in total. The van der Waals surface area contributed by atoms with E-state index < -0.39 is 0 Å². The summed E-state index contributed by atoms with van der Waals surface area (Å²) in [7, 11) is 0. The highest BCUT2D eigenvalue weighted by Crippen LogP contribution is 2.12. The molecule has 1 unspecified atom stereocenters. The topological polar surface area (TPSA) is 58.4 Å². The number of halogens is 2. The summed E-state index contributed by atoms with van der Waals surface area (Å²) in [4.78, 5) is 14.4. The summed E-state index contributed by atoms with van der Waals surface area (Å²) in [6, 6.07) is 7.96. The van der Waals surface area contributed by atoms with Gasteiger partial charge in [-0.1, -0.05) is 32.0 Å². The van der Waals surface area contributed by atoms with Gasteiger partial charge in [0.1, 0.15) is 0 Å². The first kappa shape index (κ1) is 25.3. The largest absolute Gasteiger partial charge is 0.399 e. The monoisotopic (exact) mass is 377 g/mol. The molecule has 0 aliphatic heterocycles. The normalized spacial score (nSPS) is 11.3. The summed E-state index contributed by atoms with van der Waals surface area (Å²) in [5, 5.41) is 3.08. The summed E-state index contributed by atoms with van der Waals surface area (Å²) >= 11 is 0. The quantitative estimate of drug-likeness (QED) is 0.611. The van der Waals surface area contributed by atoms with Gasteiger partial charge in [-0.15, -0.1) is 24.8 Å². The van der Waals surface area contributed by atoms with Crippen LogP contribution in [-0.4, -0.2) is 36.5 Å². The standard InChI is InChI=1S/C18H31N3O.2ClH/c1-4-21(5-2)14-8-9-15(3)20-18(22)13-12-16-10-6-7-11-17(16)19;;/h6-7,10-11,15H,4-5,8-9,12-14,19H2,1-3H3,(H,20,22);2*1H. The molecule has 140 valence electrons. The molecule has 1 amide bonds. The van der Waals surface area contributed by atoms with Gasteiger partial charge in [0.2, 0.25) is 5.91 Å². The minimum atomic E-state index is 0. The fourth-order valence-electron chi connectivity index (χ4n) is 2.59. The molecular formula is C18H33Cl2N3O. The zero-order valence-corrected chi connectivity index (χ0v) is 16.7. The fraction of sp³-hybridized carbons (Fsp3) is 0.611. The highest BCUT2D eigenvalue weighted by Gasteiger charge is 2.09.